The summed E-state index contributed by atoms with van der Waals surface area (Å²) in [5.41, 5.74) is 1.96. The molecule has 1 saturated heterocycles. The molecule has 37 heavy (non-hydrogen) atoms. The van der Waals surface area contributed by atoms with Crippen LogP contribution in [0.1, 0.15) is 36.2 Å². The van der Waals surface area contributed by atoms with Crippen LogP contribution >= 0.6 is 0 Å². The number of alkyl halides is 2. The van der Waals surface area contributed by atoms with Crippen molar-refractivity contribution in [2.45, 2.75) is 56.7 Å². The van der Waals surface area contributed by atoms with Gasteiger partial charge in [0, 0.05) is 45.3 Å². The van der Waals surface area contributed by atoms with Crippen LogP contribution in [-0.2, 0) is 19.4 Å². The van der Waals surface area contributed by atoms with E-state index in [0.29, 0.717) is 31.8 Å². The summed E-state index contributed by atoms with van der Waals surface area (Å²) in [5, 5.41) is 23.8. The van der Waals surface area contributed by atoms with E-state index in [9.17, 15) is 18.7 Å². The Bertz CT molecular complexity index is 1130. The first-order valence-electron chi connectivity index (χ1n) is 12.5. The fraction of sp³-hybridized carbons (Fsp3) is 0.407. The van der Waals surface area contributed by atoms with Crippen LogP contribution in [0.3, 0.4) is 0 Å². The van der Waals surface area contributed by atoms with Crippen molar-refractivity contribution < 1.29 is 18.7 Å². The quantitative estimate of drug-likeness (QED) is 0.339. The lowest BCUT2D eigenvalue weighted by Gasteiger charge is -2.24. The van der Waals surface area contributed by atoms with Crippen molar-refractivity contribution >= 4 is 6.03 Å². The predicted octanol–water partition coefficient (Wildman–Crippen LogP) is 4.01. The van der Waals surface area contributed by atoms with Gasteiger partial charge in [-0.05, 0) is 17.5 Å². The second-order valence-corrected chi connectivity index (χ2v) is 9.34. The molecule has 1 aliphatic rings. The van der Waals surface area contributed by atoms with Crippen molar-refractivity contribution in [1.29, 1.82) is 0 Å². The number of aliphatic hydroxyl groups is 1. The van der Waals surface area contributed by atoms with E-state index in [-0.39, 0.29) is 25.4 Å². The van der Waals surface area contributed by atoms with Gasteiger partial charge in [0.15, 0.2) is 5.82 Å². The summed E-state index contributed by atoms with van der Waals surface area (Å²) in [6.45, 7) is 0.684. The molecule has 0 aliphatic carbocycles. The van der Waals surface area contributed by atoms with E-state index >= 15 is 0 Å². The Morgan fingerprint density at radius 3 is 2.46 bits per heavy atom. The number of nitrogens with zero attached hydrogens (tertiary/aromatic N) is 5. The summed E-state index contributed by atoms with van der Waals surface area (Å²) < 4.78 is 29.4. The van der Waals surface area contributed by atoms with E-state index in [1.54, 1.807) is 17.1 Å². The summed E-state index contributed by atoms with van der Waals surface area (Å²) >= 11 is 0. The molecule has 2 heterocycles. The number of urea groups is 1. The highest BCUT2D eigenvalue weighted by Crippen LogP contribution is 2.28. The van der Waals surface area contributed by atoms with Crippen LogP contribution in [0, 0.1) is 0 Å². The third-order valence-corrected chi connectivity index (χ3v) is 6.43. The molecular weight excluding hydrogens is 478 g/mol. The number of hydrogen-bond donors (Lipinski definition) is 2. The number of amides is 2. The number of aryl methyl sites for hydroxylation is 1. The lowest BCUT2D eigenvalue weighted by atomic mass is 10.1. The van der Waals surface area contributed by atoms with E-state index in [4.69, 9.17) is 0 Å². The van der Waals surface area contributed by atoms with Crippen LogP contribution in [0.5, 0.6) is 0 Å². The average Bonchev–Trinajstić information content (AvgIpc) is 3.51. The van der Waals surface area contributed by atoms with Gasteiger partial charge in [-0.2, -0.15) is 5.21 Å². The SMILES string of the molecule is O=C1N(Cc2ccccc2)C[C@H](C=CC(O)Cc2ccccc2)N1CCC(F)(F)CCCc1nn[nH]n1. The molecule has 0 spiro atoms. The van der Waals surface area contributed by atoms with Crippen LogP contribution in [-0.4, -0.2) is 72.7 Å². The molecule has 196 valence electrons. The Labute approximate surface area is 215 Å². The van der Waals surface area contributed by atoms with Crippen LogP contribution in [0.4, 0.5) is 13.6 Å². The third kappa shape index (κ3) is 7.91. The van der Waals surface area contributed by atoms with Crippen LogP contribution in [0.2, 0.25) is 0 Å². The molecule has 1 aromatic heterocycles. The number of nitrogens with one attached hydrogen (secondary N) is 1. The molecule has 2 atom stereocenters. The molecule has 0 radical (unpaired) electrons. The second-order valence-electron chi connectivity index (χ2n) is 9.34. The molecule has 0 saturated carbocycles. The largest absolute Gasteiger partial charge is 0.389 e. The van der Waals surface area contributed by atoms with Gasteiger partial charge in [-0.3, -0.25) is 0 Å². The maximum atomic E-state index is 14.7. The molecule has 10 heteroatoms. The zero-order valence-corrected chi connectivity index (χ0v) is 20.6. The molecule has 2 N–H and O–H groups in total. The summed E-state index contributed by atoms with van der Waals surface area (Å²) in [6, 6.07) is 18.5. The van der Waals surface area contributed by atoms with Gasteiger partial charge < -0.3 is 14.9 Å². The van der Waals surface area contributed by atoms with Crippen molar-refractivity contribution in [2.24, 2.45) is 0 Å². The first-order chi connectivity index (χ1) is 17.9. The molecule has 1 aliphatic heterocycles. The zero-order valence-electron chi connectivity index (χ0n) is 20.6. The monoisotopic (exact) mass is 510 g/mol. The fourth-order valence-corrected chi connectivity index (χ4v) is 4.47. The molecule has 3 aromatic rings. The number of carbonyl (C=O) groups excluding carboxylic acids is 1. The van der Waals surface area contributed by atoms with Gasteiger partial charge in [0.1, 0.15) is 0 Å². The Hall–Kier alpha value is -3.66. The molecule has 1 unspecified atom stereocenters. The maximum Gasteiger partial charge on any atom is 0.320 e. The minimum atomic E-state index is -2.93. The van der Waals surface area contributed by atoms with Crippen LogP contribution in [0.15, 0.2) is 72.8 Å². The van der Waals surface area contributed by atoms with E-state index in [1.807, 2.05) is 60.7 Å². The standard InChI is InChI=1S/C27H32F2N6O2/c28-27(29,15-7-12-25-30-32-33-31-25)16-17-35-23(13-14-24(36)18-21-8-3-1-4-9-21)20-34(26(35)37)19-22-10-5-2-6-11-22/h1-6,8-11,13-14,23-24,36H,7,12,15-20H2,(H,30,31,32,33)/t23-,24?/m0/s1. The first-order valence-corrected chi connectivity index (χ1v) is 12.5. The Kier molecular flexibility index (Phi) is 8.95. The van der Waals surface area contributed by atoms with E-state index < -0.39 is 24.5 Å². The van der Waals surface area contributed by atoms with Gasteiger partial charge in [-0.1, -0.05) is 78.0 Å². The van der Waals surface area contributed by atoms with Crippen LogP contribution in [0.25, 0.3) is 0 Å². The number of aromatic amines is 1. The molecule has 1 fully saturated rings. The van der Waals surface area contributed by atoms with Gasteiger partial charge in [0.2, 0.25) is 5.92 Å². The molecule has 2 amide bonds. The number of rotatable bonds is 13. The third-order valence-electron chi connectivity index (χ3n) is 6.43. The lowest BCUT2D eigenvalue weighted by Crippen LogP contribution is -2.37. The maximum absolute atomic E-state index is 14.7. The van der Waals surface area contributed by atoms with Gasteiger partial charge >= 0.3 is 6.03 Å². The van der Waals surface area contributed by atoms with Gasteiger partial charge in [-0.15, -0.1) is 10.2 Å². The molecular formula is C27H32F2N6O2. The van der Waals surface area contributed by atoms with Crippen molar-refractivity contribution in [3.63, 3.8) is 0 Å². The Balaban J connectivity index is 1.38. The summed E-state index contributed by atoms with van der Waals surface area (Å²) in [5.74, 6) is -2.53. The minimum Gasteiger partial charge on any atom is -0.389 e. The smallest absolute Gasteiger partial charge is 0.320 e. The van der Waals surface area contributed by atoms with Crippen LogP contribution < -0.4 is 0 Å². The topological polar surface area (TPSA) is 98.2 Å². The Morgan fingerprint density at radius 1 is 1.08 bits per heavy atom. The molecule has 2 aromatic carbocycles. The minimum absolute atomic E-state index is 0.0802. The molecule has 0 bridgehead atoms. The number of halogens is 2. The summed E-state index contributed by atoms with van der Waals surface area (Å²) in [7, 11) is 0. The number of hydrogen-bond acceptors (Lipinski definition) is 5. The summed E-state index contributed by atoms with van der Waals surface area (Å²) in [4.78, 5) is 16.4. The van der Waals surface area contributed by atoms with E-state index in [0.717, 1.165) is 11.1 Å². The lowest BCUT2D eigenvalue weighted by molar-refractivity contribution is -0.0231. The number of aliphatic hydroxyl groups excluding tert-OH is 1. The van der Waals surface area contributed by atoms with Gasteiger partial charge in [0.05, 0.1) is 12.1 Å². The highest BCUT2D eigenvalue weighted by Gasteiger charge is 2.38. The number of tetrazole rings is 1. The Morgan fingerprint density at radius 2 is 1.78 bits per heavy atom. The van der Waals surface area contributed by atoms with Crippen molar-refractivity contribution in [2.75, 3.05) is 13.1 Å². The molecule has 4 rings (SSSR count). The molecule has 8 nitrogen and oxygen atoms in total. The number of H-pyrrole nitrogens is 1. The van der Waals surface area contributed by atoms with Gasteiger partial charge in [0.25, 0.3) is 0 Å². The van der Waals surface area contributed by atoms with E-state index in [1.165, 1.54) is 4.90 Å². The fourth-order valence-electron chi connectivity index (χ4n) is 4.47. The van der Waals surface area contributed by atoms with Crippen molar-refractivity contribution in [3.8, 4) is 0 Å². The number of aromatic nitrogens is 4. The number of benzene rings is 2. The van der Waals surface area contributed by atoms with Crippen molar-refractivity contribution in [1.82, 2.24) is 30.4 Å². The second kappa shape index (κ2) is 12.5. The first kappa shape index (κ1) is 26.4. The number of carbonyl (C=O) groups is 1. The van der Waals surface area contributed by atoms with E-state index in [2.05, 4.69) is 20.6 Å². The van der Waals surface area contributed by atoms with Crippen molar-refractivity contribution in [3.05, 3.63) is 89.8 Å². The average molecular weight is 511 g/mol. The highest BCUT2D eigenvalue weighted by molar-refractivity contribution is 5.77. The normalized spacial score (nSPS) is 17.2. The van der Waals surface area contributed by atoms with Gasteiger partial charge in [-0.25, -0.2) is 13.6 Å². The zero-order chi connectivity index (χ0) is 26.1. The predicted molar refractivity (Wildman–Crippen MR) is 135 cm³/mol. The highest BCUT2D eigenvalue weighted by atomic mass is 19.3. The summed E-state index contributed by atoms with van der Waals surface area (Å²) in [6.07, 6.45) is 2.88.